The Morgan fingerprint density at radius 2 is 1.87 bits per heavy atom. The summed E-state index contributed by atoms with van der Waals surface area (Å²) in [5.41, 5.74) is 2.93. The van der Waals surface area contributed by atoms with Crippen LogP contribution in [0.4, 0.5) is 0 Å². The molecular formula is C14H21N. The van der Waals surface area contributed by atoms with Gasteiger partial charge in [0.1, 0.15) is 0 Å². The van der Waals surface area contributed by atoms with Crippen molar-refractivity contribution in [2.75, 3.05) is 13.6 Å². The van der Waals surface area contributed by atoms with E-state index in [2.05, 4.69) is 50.1 Å². The van der Waals surface area contributed by atoms with Crippen molar-refractivity contribution in [1.82, 2.24) is 4.90 Å². The van der Waals surface area contributed by atoms with Crippen LogP contribution >= 0.6 is 0 Å². The third-order valence-electron chi connectivity index (χ3n) is 3.51. The van der Waals surface area contributed by atoms with Gasteiger partial charge in [0.05, 0.1) is 0 Å². The molecule has 15 heavy (non-hydrogen) atoms. The molecular weight excluding hydrogens is 182 g/mol. The summed E-state index contributed by atoms with van der Waals surface area (Å²) in [4.78, 5) is 2.46. The molecule has 82 valence electrons. The van der Waals surface area contributed by atoms with E-state index in [0.717, 1.165) is 0 Å². The first-order chi connectivity index (χ1) is 7.18. The molecule has 0 amide bonds. The van der Waals surface area contributed by atoms with E-state index in [9.17, 15) is 0 Å². The van der Waals surface area contributed by atoms with Crippen molar-refractivity contribution in [2.24, 2.45) is 0 Å². The van der Waals surface area contributed by atoms with Gasteiger partial charge >= 0.3 is 0 Å². The van der Waals surface area contributed by atoms with Crippen molar-refractivity contribution < 1.29 is 0 Å². The third kappa shape index (κ3) is 2.23. The first-order valence-electron chi connectivity index (χ1n) is 5.98. The minimum absolute atomic E-state index is 0.639. The van der Waals surface area contributed by atoms with Crippen molar-refractivity contribution in [3.8, 4) is 0 Å². The highest BCUT2D eigenvalue weighted by Crippen LogP contribution is 2.30. The second-order valence-electron chi connectivity index (χ2n) is 4.96. The lowest BCUT2D eigenvalue weighted by atomic mass is 9.98. The molecule has 1 aliphatic rings. The topological polar surface area (TPSA) is 3.24 Å². The van der Waals surface area contributed by atoms with Crippen LogP contribution in [-0.4, -0.2) is 18.5 Å². The molecule has 1 unspecified atom stereocenters. The van der Waals surface area contributed by atoms with Crippen molar-refractivity contribution >= 4 is 0 Å². The Hall–Kier alpha value is -0.820. The average molecular weight is 203 g/mol. The molecule has 1 heterocycles. The maximum Gasteiger partial charge on any atom is 0.0345 e. The second kappa shape index (κ2) is 4.36. The van der Waals surface area contributed by atoms with E-state index in [1.807, 2.05) is 0 Å². The molecule has 1 atom stereocenters. The van der Waals surface area contributed by atoms with Gasteiger partial charge in [-0.15, -0.1) is 0 Å². The third-order valence-corrected chi connectivity index (χ3v) is 3.51. The number of hydrogen-bond donors (Lipinski definition) is 0. The molecule has 1 aliphatic heterocycles. The maximum absolute atomic E-state index is 2.46. The zero-order valence-corrected chi connectivity index (χ0v) is 10.0. The molecule has 0 bridgehead atoms. The van der Waals surface area contributed by atoms with Gasteiger partial charge in [0, 0.05) is 6.04 Å². The van der Waals surface area contributed by atoms with E-state index in [0.29, 0.717) is 12.0 Å². The van der Waals surface area contributed by atoms with Crippen LogP contribution in [0, 0.1) is 0 Å². The zero-order chi connectivity index (χ0) is 10.8. The van der Waals surface area contributed by atoms with Gasteiger partial charge in [-0.2, -0.15) is 0 Å². The summed E-state index contributed by atoms with van der Waals surface area (Å²) in [5, 5.41) is 0. The molecule has 1 nitrogen and oxygen atoms in total. The van der Waals surface area contributed by atoms with Gasteiger partial charge in [0.25, 0.3) is 0 Å². The summed E-state index contributed by atoms with van der Waals surface area (Å²) in [6.07, 6.45) is 2.66. The van der Waals surface area contributed by atoms with Gasteiger partial charge in [-0.3, -0.25) is 4.90 Å². The fourth-order valence-electron chi connectivity index (χ4n) is 2.43. The fraction of sp³-hybridized carbons (Fsp3) is 0.571. The van der Waals surface area contributed by atoms with Crippen molar-refractivity contribution in [1.29, 1.82) is 0 Å². The minimum atomic E-state index is 0.639. The summed E-state index contributed by atoms with van der Waals surface area (Å²) in [6, 6.07) is 9.84. The Bertz CT molecular complexity index is 313. The highest BCUT2D eigenvalue weighted by Gasteiger charge is 2.22. The van der Waals surface area contributed by atoms with E-state index in [1.165, 1.54) is 30.5 Å². The largest absolute Gasteiger partial charge is 0.299 e. The normalized spacial score (nSPS) is 22.5. The molecule has 0 aromatic heterocycles. The smallest absolute Gasteiger partial charge is 0.0345 e. The predicted molar refractivity (Wildman–Crippen MR) is 65.1 cm³/mol. The highest BCUT2D eigenvalue weighted by molar-refractivity contribution is 5.27. The van der Waals surface area contributed by atoms with E-state index >= 15 is 0 Å². The van der Waals surface area contributed by atoms with Crippen LogP contribution in [-0.2, 0) is 0 Å². The molecule has 0 saturated carbocycles. The second-order valence-corrected chi connectivity index (χ2v) is 4.96. The van der Waals surface area contributed by atoms with Crippen LogP contribution in [0.3, 0.4) is 0 Å². The van der Waals surface area contributed by atoms with Crippen LogP contribution in [0.15, 0.2) is 24.3 Å². The predicted octanol–water partition coefficient (Wildman–Crippen LogP) is 3.58. The summed E-state index contributed by atoms with van der Waals surface area (Å²) < 4.78 is 0. The Labute approximate surface area is 93.1 Å². The summed E-state index contributed by atoms with van der Waals surface area (Å²) in [7, 11) is 2.23. The van der Waals surface area contributed by atoms with Crippen LogP contribution < -0.4 is 0 Å². The quantitative estimate of drug-likeness (QED) is 0.710. The van der Waals surface area contributed by atoms with Gasteiger partial charge < -0.3 is 0 Å². The number of likely N-dealkylation sites (tertiary alicyclic amines) is 1. The molecule has 1 heteroatoms. The summed E-state index contributed by atoms with van der Waals surface area (Å²) in [5.74, 6) is 0.639. The van der Waals surface area contributed by atoms with Crippen LogP contribution in [0.25, 0.3) is 0 Å². The van der Waals surface area contributed by atoms with Gasteiger partial charge in [0.2, 0.25) is 0 Å². The number of rotatable bonds is 2. The Morgan fingerprint density at radius 3 is 2.33 bits per heavy atom. The highest BCUT2D eigenvalue weighted by atomic mass is 15.1. The van der Waals surface area contributed by atoms with Gasteiger partial charge in [-0.25, -0.2) is 0 Å². The van der Waals surface area contributed by atoms with E-state index < -0.39 is 0 Å². The van der Waals surface area contributed by atoms with Gasteiger partial charge in [0.15, 0.2) is 0 Å². The van der Waals surface area contributed by atoms with E-state index in [1.54, 1.807) is 0 Å². The van der Waals surface area contributed by atoms with Crippen molar-refractivity contribution in [3.63, 3.8) is 0 Å². The lowest BCUT2D eigenvalue weighted by molar-refractivity contribution is 0.317. The zero-order valence-electron chi connectivity index (χ0n) is 10.0. The monoisotopic (exact) mass is 203 g/mol. The Balaban J connectivity index is 2.16. The Morgan fingerprint density at radius 1 is 1.20 bits per heavy atom. The molecule has 1 saturated heterocycles. The molecule has 0 aliphatic carbocycles. The molecule has 0 radical (unpaired) electrons. The SMILES string of the molecule is CC(C)c1ccc(C2CCCN2C)cc1. The standard InChI is InChI=1S/C14H21N/c1-11(2)12-6-8-13(9-7-12)14-5-4-10-15(14)3/h6-9,11,14H,4-5,10H2,1-3H3. The summed E-state index contributed by atoms with van der Waals surface area (Å²) in [6.45, 7) is 5.74. The lowest BCUT2D eigenvalue weighted by Gasteiger charge is -2.20. The van der Waals surface area contributed by atoms with Crippen LogP contribution in [0.1, 0.15) is 49.8 Å². The van der Waals surface area contributed by atoms with Crippen LogP contribution in [0.2, 0.25) is 0 Å². The summed E-state index contributed by atoms with van der Waals surface area (Å²) >= 11 is 0. The number of nitrogens with zero attached hydrogens (tertiary/aromatic N) is 1. The van der Waals surface area contributed by atoms with Gasteiger partial charge in [-0.05, 0) is 43.5 Å². The number of hydrogen-bond acceptors (Lipinski definition) is 1. The molecule has 1 fully saturated rings. The molecule has 0 spiro atoms. The van der Waals surface area contributed by atoms with Gasteiger partial charge in [-0.1, -0.05) is 38.1 Å². The first kappa shape index (κ1) is 10.7. The minimum Gasteiger partial charge on any atom is -0.299 e. The molecule has 2 rings (SSSR count). The van der Waals surface area contributed by atoms with Crippen LogP contribution in [0.5, 0.6) is 0 Å². The molecule has 0 N–H and O–H groups in total. The lowest BCUT2D eigenvalue weighted by Crippen LogP contribution is -2.17. The molecule has 1 aromatic carbocycles. The first-order valence-corrected chi connectivity index (χ1v) is 5.98. The molecule has 1 aromatic rings. The average Bonchev–Trinajstić information content (AvgIpc) is 2.65. The maximum atomic E-state index is 2.46. The fourth-order valence-corrected chi connectivity index (χ4v) is 2.43. The van der Waals surface area contributed by atoms with E-state index in [4.69, 9.17) is 0 Å². The van der Waals surface area contributed by atoms with Crippen molar-refractivity contribution in [3.05, 3.63) is 35.4 Å². The Kier molecular flexibility index (Phi) is 3.11. The van der Waals surface area contributed by atoms with Crippen molar-refractivity contribution in [2.45, 2.75) is 38.6 Å². The number of benzene rings is 1. The van der Waals surface area contributed by atoms with E-state index in [-0.39, 0.29) is 0 Å².